The Labute approximate surface area is 90.9 Å². The van der Waals surface area contributed by atoms with E-state index in [0.29, 0.717) is 5.69 Å². The summed E-state index contributed by atoms with van der Waals surface area (Å²) >= 11 is 0. The molecule has 0 heterocycles. The maximum absolute atomic E-state index is 13.3. The highest BCUT2D eigenvalue weighted by Crippen LogP contribution is 2.14. The summed E-state index contributed by atoms with van der Waals surface area (Å²) < 4.78 is 13.3. The molecule has 0 spiro atoms. The molecule has 15 heavy (non-hydrogen) atoms. The predicted molar refractivity (Wildman–Crippen MR) is 62.3 cm³/mol. The Bertz CT molecular complexity index is 310. The summed E-state index contributed by atoms with van der Waals surface area (Å²) in [6.07, 6.45) is 2.90. The van der Waals surface area contributed by atoms with Crippen LogP contribution in [0.5, 0.6) is 0 Å². The highest BCUT2D eigenvalue weighted by atomic mass is 19.1. The molecule has 0 aromatic heterocycles. The van der Waals surface area contributed by atoms with Crippen LogP contribution in [-0.4, -0.2) is 25.5 Å². The number of rotatable bonds is 5. The average molecular weight is 210 g/mol. The number of nitrogens with zero attached hydrogens (tertiary/aromatic N) is 1. The molecular weight excluding hydrogens is 191 g/mol. The van der Waals surface area contributed by atoms with E-state index >= 15 is 0 Å². The lowest BCUT2D eigenvalue weighted by atomic mass is 10.1. The molecule has 0 saturated carbocycles. The molecule has 1 aromatic rings. The minimum absolute atomic E-state index is 0.181. The van der Waals surface area contributed by atoms with Crippen molar-refractivity contribution in [2.24, 2.45) is 0 Å². The quantitative estimate of drug-likeness (QED) is 0.597. The molecule has 0 amide bonds. The number of nitrogen functional groups attached to an aromatic ring is 1. The summed E-state index contributed by atoms with van der Waals surface area (Å²) in [7, 11) is 4.09. The lowest BCUT2D eigenvalue weighted by Gasteiger charge is -2.09. The van der Waals surface area contributed by atoms with E-state index < -0.39 is 0 Å². The normalized spacial score (nSPS) is 10.9. The zero-order valence-corrected chi connectivity index (χ0v) is 9.46. The van der Waals surface area contributed by atoms with Gasteiger partial charge in [-0.2, -0.15) is 0 Å². The Kier molecular flexibility index (Phi) is 4.56. The molecule has 0 aliphatic rings. The number of hydrogen-bond acceptors (Lipinski definition) is 2. The van der Waals surface area contributed by atoms with Crippen LogP contribution < -0.4 is 5.73 Å². The van der Waals surface area contributed by atoms with Crippen LogP contribution in [-0.2, 0) is 6.42 Å². The first-order valence-corrected chi connectivity index (χ1v) is 5.28. The highest BCUT2D eigenvalue weighted by Gasteiger charge is 2.02. The fourth-order valence-electron chi connectivity index (χ4n) is 1.51. The largest absolute Gasteiger partial charge is 0.399 e. The smallest absolute Gasteiger partial charge is 0.128 e. The minimum atomic E-state index is -0.181. The second-order valence-electron chi connectivity index (χ2n) is 4.11. The molecule has 2 N–H and O–H groups in total. The maximum Gasteiger partial charge on any atom is 0.128 e. The summed E-state index contributed by atoms with van der Waals surface area (Å²) in [6, 6.07) is 4.92. The summed E-state index contributed by atoms with van der Waals surface area (Å²) in [5.41, 5.74) is 6.73. The molecule has 0 aliphatic carbocycles. The van der Waals surface area contributed by atoms with E-state index in [0.717, 1.165) is 31.4 Å². The topological polar surface area (TPSA) is 29.3 Å². The standard InChI is InChI=1S/C12H19FN2/c1-15(2)8-4-3-5-10-6-7-11(14)9-12(10)13/h6-7,9H,3-5,8,14H2,1-2H3. The van der Waals surface area contributed by atoms with Crippen molar-refractivity contribution in [1.82, 2.24) is 4.90 Å². The molecule has 0 saturated heterocycles. The van der Waals surface area contributed by atoms with Gasteiger partial charge in [0.15, 0.2) is 0 Å². The Morgan fingerprint density at radius 3 is 2.60 bits per heavy atom. The lowest BCUT2D eigenvalue weighted by Crippen LogP contribution is -2.12. The number of unbranched alkanes of at least 4 members (excludes halogenated alkanes) is 1. The molecule has 2 nitrogen and oxygen atoms in total. The van der Waals surface area contributed by atoms with Crippen LogP contribution in [0.2, 0.25) is 0 Å². The van der Waals surface area contributed by atoms with Crippen molar-refractivity contribution in [3.05, 3.63) is 29.6 Å². The van der Waals surface area contributed by atoms with Crippen LogP contribution >= 0.6 is 0 Å². The molecule has 84 valence electrons. The number of benzene rings is 1. The third kappa shape index (κ3) is 4.30. The number of aryl methyl sites for hydroxylation is 1. The van der Waals surface area contributed by atoms with Gasteiger partial charge in [-0.3, -0.25) is 0 Å². The van der Waals surface area contributed by atoms with Crippen LogP contribution in [0, 0.1) is 5.82 Å². The van der Waals surface area contributed by atoms with Crippen LogP contribution in [0.15, 0.2) is 18.2 Å². The van der Waals surface area contributed by atoms with Crippen molar-refractivity contribution in [3.8, 4) is 0 Å². The monoisotopic (exact) mass is 210 g/mol. The fourth-order valence-corrected chi connectivity index (χ4v) is 1.51. The zero-order valence-electron chi connectivity index (χ0n) is 9.46. The van der Waals surface area contributed by atoms with Crippen molar-refractivity contribution in [1.29, 1.82) is 0 Å². The lowest BCUT2D eigenvalue weighted by molar-refractivity contribution is 0.394. The molecule has 3 heteroatoms. The van der Waals surface area contributed by atoms with Gasteiger partial charge in [0.2, 0.25) is 0 Å². The SMILES string of the molecule is CN(C)CCCCc1ccc(N)cc1F. The van der Waals surface area contributed by atoms with Gasteiger partial charge in [-0.05, 0) is 57.6 Å². The minimum Gasteiger partial charge on any atom is -0.399 e. The van der Waals surface area contributed by atoms with Crippen molar-refractivity contribution >= 4 is 5.69 Å². The Hall–Kier alpha value is -1.09. The van der Waals surface area contributed by atoms with Crippen molar-refractivity contribution < 1.29 is 4.39 Å². The van der Waals surface area contributed by atoms with Gasteiger partial charge >= 0.3 is 0 Å². The van der Waals surface area contributed by atoms with Crippen LogP contribution in [0.3, 0.4) is 0 Å². The summed E-state index contributed by atoms with van der Waals surface area (Å²) in [6.45, 7) is 1.05. The molecule has 1 aromatic carbocycles. The van der Waals surface area contributed by atoms with Crippen molar-refractivity contribution in [2.45, 2.75) is 19.3 Å². The van der Waals surface area contributed by atoms with Gasteiger partial charge in [0.1, 0.15) is 5.82 Å². The van der Waals surface area contributed by atoms with Gasteiger partial charge in [0.05, 0.1) is 0 Å². The van der Waals surface area contributed by atoms with Gasteiger partial charge in [0, 0.05) is 5.69 Å². The number of anilines is 1. The summed E-state index contributed by atoms with van der Waals surface area (Å²) in [5, 5.41) is 0. The molecule has 0 atom stereocenters. The van der Waals surface area contributed by atoms with E-state index in [9.17, 15) is 4.39 Å². The molecule has 1 rings (SSSR count). The maximum atomic E-state index is 13.3. The van der Waals surface area contributed by atoms with E-state index in [1.165, 1.54) is 6.07 Å². The van der Waals surface area contributed by atoms with E-state index in [2.05, 4.69) is 4.90 Å². The Morgan fingerprint density at radius 2 is 2.00 bits per heavy atom. The Morgan fingerprint density at radius 1 is 1.27 bits per heavy atom. The summed E-state index contributed by atoms with van der Waals surface area (Å²) in [4.78, 5) is 2.14. The van der Waals surface area contributed by atoms with E-state index in [4.69, 9.17) is 5.73 Å². The van der Waals surface area contributed by atoms with Crippen LogP contribution in [0.25, 0.3) is 0 Å². The molecular formula is C12H19FN2. The molecule has 0 unspecified atom stereocenters. The van der Waals surface area contributed by atoms with Gasteiger partial charge in [0.25, 0.3) is 0 Å². The number of hydrogen-bond donors (Lipinski definition) is 1. The first kappa shape index (κ1) is 12.0. The zero-order chi connectivity index (χ0) is 11.3. The predicted octanol–water partition coefficient (Wildman–Crippen LogP) is 2.29. The first-order chi connectivity index (χ1) is 7.09. The van der Waals surface area contributed by atoms with Crippen molar-refractivity contribution in [3.63, 3.8) is 0 Å². The third-order valence-corrected chi connectivity index (χ3v) is 2.38. The number of halogens is 1. The highest BCUT2D eigenvalue weighted by molar-refractivity contribution is 5.40. The van der Waals surface area contributed by atoms with Crippen LogP contribution in [0.1, 0.15) is 18.4 Å². The van der Waals surface area contributed by atoms with E-state index in [-0.39, 0.29) is 5.82 Å². The van der Waals surface area contributed by atoms with Crippen LogP contribution in [0.4, 0.5) is 10.1 Å². The van der Waals surface area contributed by atoms with Gasteiger partial charge in [-0.25, -0.2) is 4.39 Å². The van der Waals surface area contributed by atoms with Gasteiger partial charge in [-0.1, -0.05) is 6.07 Å². The Balaban J connectivity index is 2.37. The first-order valence-electron chi connectivity index (χ1n) is 5.28. The average Bonchev–Trinajstić information content (AvgIpc) is 2.14. The van der Waals surface area contributed by atoms with Gasteiger partial charge in [-0.15, -0.1) is 0 Å². The second-order valence-corrected chi connectivity index (χ2v) is 4.11. The van der Waals surface area contributed by atoms with Gasteiger partial charge < -0.3 is 10.6 Å². The number of nitrogens with two attached hydrogens (primary N) is 1. The molecule has 0 aliphatic heterocycles. The van der Waals surface area contributed by atoms with E-state index in [1.807, 2.05) is 14.1 Å². The molecule has 0 radical (unpaired) electrons. The van der Waals surface area contributed by atoms with Crippen molar-refractivity contribution in [2.75, 3.05) is 26.4 Å². The third-order valence-electron chi connectivity index (χ3n) is 2.38. The molecule has 0 fully saturated rings. The molecule has 0 bridgehead atoms. The second kappa shape index (κ2) is 5.71. The fraction of sp³-hybridized carbons (Fsp3) is 0.500. The van der Waals surface area contributed by atoms with E-state index in [1.54, 1.807) is 12.1 Å². The summed E-state index contributed by atoms with van der Waals surface area (Å²) in [5.74, 6) is -0.181.